The molecular formula is C17H10ClFN4O. The second-order valence-corrected chi connectivity index (χ2v) is 5.64. The first kappa shape index (κ1) is 14.6. The summed E-state index contributed by atoms with van der Waals surface area (Å²) in [5, 5.41) is 16.9. The van der Waals surface area contributed by atoms with E-state index in [1.54, 1.807) is 18.3 Å². The highest BCUT2D eigenvalue weighted by Gasteiger charge is 2.16. The van der Waals surface area contributed by atoms with E-state index in [0.717, 1.165) is 0 Å². The molecule has 2 N–H and O–H groups in total. The van der Waals surface area contributed by atoms with Gasteiger partial charge in [0.15, 0.2) is 0 Å². The van der Waals surface area contributed by atoms with Crippen LogP contribution in [0.5, 0.6) is 5.75 Å². The lowest BCUT2D eigenvalue weighted by Crippen LogP contribution is -1.90. The second kappa shape index (κ2) is 5.58. The van der Waals surface area contributed by atoms with Gasteiger partial charge in [0.2, 0.25) is 0 Å². The fourth-order valence-corrected chi connectivity index (χ4v) is 2.69. The van der Waals surface area contributed by atoms with Crippen molar-refractivity contribution in [2.45, 2.75) is 0 Å². The van der Waals surface area contributed by atoms with Gasteiger partial charge in [0.05, 0.1) is 22.9 Å². The molecule has 3 aromatic heterocycles. The van der Waals surface area contributed by atoms with Crippen LogP contribution >= 0.6 is 11.6 Å². The number of H-pyrrole nitrogens is 1. The van der Waals surface area contributed by atoms with Crippen LogP contribution in [0.25, 0.3) is 33.5 Å². The van der Waals surface area contributed by atoms with Crippen LogP contribution < -0.4 is 0 Å². The average Bonchev–Trinajstić information content (AvgIpc) is 3.05. The smallest absolute Gasteiger partial charge is 0.136 e. The normalized spacial score (nSPS) is 11.1. The van der Waals surface area contributed by atoms with Gasteiger partial charge in [-0.3, -0.25) is 10.1 Å². The van der Waals surface area contributed by atoms with E-state index in [2.05, 4.69) is 20.2 Å². The molecule has 0 radical (unpaired) electrons. The lowest BCUT2D eigenvalue weighted by molar-refractivity contribution is 0.473. The van der Waals surface area contributed by atoms with Crippen molar-refractivity contribution in [2.24, 2.45) is 0 Å². The highest BCUT2D eigenvalue weighted by atomic mass is 35.5. The van der Waals surface area contributed by atoms with Gasteiger partial charge in [0, 0.05) is 28.4 Å². The zero-order chi connectivity index (χ0) is 16.7. The SMILES string of the molecule is Oc1cnc2ccc(-c3c[nH]nc3-c3cc(Cl)ccc3F)nc2c1. The molecule has 0 aliphatic heterocycles. The van der Waals surface area contributed by atoms with E-state index >= 15 is 0 Å². The van der Waals surface area contributed by atoms with Crippen molar-refractivity contribution in [2.75, 3.05) is 0 Å². The van der Waals surface area contributed by atoms with E-state index in [-0.39, 0.29) is 11.3 Å². The molecule has 0 saturated heterocycles. The molecule has 7 heteroatoms. The van der Waals surface area contributed by atoms with Gasteiger partial charge in [-0.25, -0.2) is 9.37 Å². The molecule has 3 heterocycles. The number of aromatic amines is 1. The maximum atomic E-state index is 14.2. The Bertz CT molecular complexity index is 1060. The van der Waals surface area contributed by atoms with E-state index in [9.17, 15) is 9.50 Å². The number of pyridine rings is 2. The van der Waals surface area contributed by atoms with Crippen molar-refractivity contribution in [1.29, 1.82) is 0 Å². The number of halogens is 2. The summed E-state index contributed by atoms with van der Waals surface area (Å²) in [7, 11) is 0. The first-order valence-corrected chi connectivity index (χ1v) is 7.45. The van der Waals surface area contributed by atoms with Crippen LogP contribution in [0.4, 0.5) is 4.39 Å². The number of fused-ring (bicyclic) bond motifs is 1. The minimum atomic E-state index is -0.423. The third-order valence-corrected chi connectivity index (χ3v) is 3.86. The van der Waals surface area contributed by atoms with Gasteiger partial charge >= 0.3 is 0 Å². The Labute approximate surface area is 140 Å². The first-order chi connectivity index (χ1) is 11.6. The lowest BCUT2D eigenvalue weighted by atomic mass is 10.0. The van der Waals surface area contributed by atoms with Crippen LogP contribution in [0.2, 0.25) is 5.02 Å². The summed E-state index contributed by atoms with van der Waals surface area (Å²) in [5.41, 5.74) is 3.09. The van der Waals surface area contributed by atoms with Gasteiger partial charge in [0.25, 0.3) is 0 Å². The topological polar surface area (TPSA) is 74.7 Å². The molecule has 4 rings (SSSR count). The van der Waals surface area contributed by atoms with Crippen molar-refractivity contribution in [3.63, 3.8) is 0 Å². The van der Waals surface area contributed by atoms with E-state index in [1.807, 2.05) is 0 Å². The fourth-order valence-electron chi connectivity index (χ4n) is 2.52. The van der Waals surface area contributed by atoms with E-state index in [1.165, 1.54) is 30.5 Å². The van der Waals surface area contributed by atoms with Gasteiger partial charge in [0.1, 0.15) is 17.3 Å². The molecule has 0 aliphatic carbocycles. The summed E-state index contributed by atoms with van der Waals surface area (Å²) in [6, 6.07) is 9.36. The highest BCUT2D eigenvalue weighted by molar-refractivity contribution is 6.30. The molecule has 1 aromatic carbocycles. The molecule has 0 atom stereocenters. The molecule has 24 heavy (non-hydrogen) atoms. The minimum absolute atomic E-state index is 0.0282. The van der Waals surface area contributed by atoms with E-state index in [0.29, 0.717) is 33.0 Å². The average molecular weight is 341 g/mol. The van der Waals surface area contributed by atoms with E-state index < -0.39 is 5.82 Å². The predicted molar refractivity (Wildman–Crippen MR) is 89.2 cm³/mol. The Hall–Kier alpha value is -2.99. The Morgan fingerprint density at radius 2 is 1.92 bits per heavy atom. The predicted octanol–water partition coefficient (Wildman–Crippen LogP) is 4.19. The lowest BCUT2D eigenvalue weighted by Gasteiger charge is -2.05. The third kappa shape index (κ3) is 2.47. The van der Waals surface area contributed by atoms with Gasteiger partial charge < -0.3 is 5.11 Å². The molecule has 0 spiro atoms. The monoisotopic (exact) mass is 340 g/mol. The van der Waals surface area contributed by atoms with Crippen LogP contribution in [0.3, 0.4) is 0 Å². The summed E-state index contributed by atoms with van der Waals surface area (Å²) in [6.45, 7) is 0. The molecule has 5 nitrogen and oxygen atoms in total. The van der Waals surface area contributed by atoms with Crippen molar-refractivity contribution in [3.8, 4) is 28.3 Å². The van der Waals surface area contributed by atoms with Crippen molar-refractivity contribution >= 4 is 22.6 Å². The Balaban J connectivity index is 1.89. The van der Waals surface area contributed by atoms with Gasteiger partial charge in [-0.05, 0) is 30.3 Å². The second-order valence-electron chi connectivity index (χ2n) is 5.20. The van der Waals surface area contributed by atoms with Crippen LogP contribution in [0.15, 0.2) is 48.8 Å². The standard InChI is InChI=1S/C17H10ClFN4O/c18-9-1-2-13(19)11(5-9)17-12(8-21-23-17)14-3-4-15-16(22-14)6-10(24)7-20-15/h1-8,24H,(H,21,23). The molecular weight excluding hydrogens is 331 g/mol. The molecule has 0 amide bonds. The molecule has 0 bridgehead atoms. The van der Waals surface area contributed by atoms with Gasteiger partial charge in [-0.1, -0.05) is 11.6 Å². The summed E-state index contributed by atoms with van der Waals surface area (Å²) in [4.78, 5) is 8.57. The molecule has 118 valence electrons. The number of nitrogens with zero attached hydrogens (tertiary/aromatic N) is 3. The van der Waals surface area contributed by atoms with Crippen molar-refractivity contribution < 1.29 is 9.50 Å². The maximum absolute atomic E-state index is 14.2. The molecule has 4 aromatic rings. The summed E-state index contributed by atoms with van der Waals surface area (Å²) in [6.07, 6.45) is 2.99. The molecule has 0 fully saturated rings. The molecule has 0 aliphatic rings. The Kier molecular flexibility index (Phi) is 3.39. The number of hydrogen-bond donors (Lipinski definition) is 2. The zero-order valence-electron chi connectivity index (χ0n) is 12.2. The van der Waals surface area contributed by atoms with Gasteiger partial charge in [-0.15, -0.1) is 0 Å². The number of rotatable bonds is 2. The Morgan fingerprint density at radius 3 is 2.79 bits per heavy atom. The van der Waals surface area contributed by atoms with Crippen LogP contribution in [-0.4, -0.2) is 25.3 Å². The van der Waals surface area contributed by atoms with Crippen molar-refractivity contribution in [3.05, 3.63) is 59.6 Å². The minimum Gasteiger partial charge on any atom is -0.506 e. The number of hydrogen-bond acceptors (Lipinski definition) is 4. The molecule has 0 unspecified atom stereocenters. The Morgan fingerprint density at radius 1 is 1.04 bits per heavy atom. The third-order valence-electron chi connectivity index (χ3n) is 3.62. The van der Waals surface area contributed by atoms with Crippen LogP contribution in [-0.2, 0) is 0 Å². The summed E-state index contributed by atoms with van der Waals surface area (Å²) < 4.78 is 14.2. The zero-order valence-corrected chi connectivity index (χ0v) is 12.9. The fraction of sp³-hybridized carbons (Fsp3) is 0. The van der Waals surface area contributed by atoms with Gasteiger partial charge in [-0.2, -0.15) is 5.10 Å². The summed E-state index contributed by atoms with van der Waals surface area (Å²) in [5.74, 6) is -0.395. The van der Waals surface area contributed by atoms with Crippen LogP contribution in [0, 0.1) is 5.82 Å². The highest BCUT2D eigenvalue weighted by Crippen LogP contribution is 2.33. The quantitative estimate of drug-likeness (QED) is 0.574. The first-order valence-electron chi connectivity index (χ1n) is 7.07. The number of benzene rings is 1. The maximum Gasteiger partial charge on any atom is 0.136 e. The summed E-state index contributed by atoms with van der Waals surface area (Å²) >= 11 is 5.97. The largest absolute Gasteiger partial charge is 0.506 e. The number of aromatic hydroxyl groups is 1. The van der Waals surface area contributed by atoms with Crippen LogP contribution in [0.1, 0.15) is 0 Å². The van der Waals surface area contributed by atoms with Crippen molar-refractivity contribution in [1.82, 2.24) is 20.2 Å². The number of aromatic nitrogens is 4. The van der Waals surface area contributed by atoms with E-state index in [4.69, 9.17) is 11.6 Å². The molecule has 0 saturated carbocycles. The number of nitrogens with one attached hydrogen (secondary N) is 1.